The van der Waals surface area contributed by atoms with Gasteiger partial charge in [0.05, 0.1) is 11.8 Å². The molecule has 0 spiro atoms. The zero-order valence-electron chi connectivity index (χ0n) is 10.4. The van der Waals surface area contributed by atoms with Gasteiger partial charge in [-0.1, -0.05) is 0 Å². The van der Waals surface area contributed by atoms with Gasteiger partial charge in [-0.3, -0.25) is 9.69 Å². The number of anilines is 2. The molecule has 1 aliphatic carbocycles. The number of carbonyl (C=O) groups is 1. The van der Waals surface area contributed by atoms with E-state index in [1.807, 2.05) is 0 Å². The molecule has 1 aromatic rings. The second-order valence-corrected chi connectivity index (χ2v) is 4.77. The van der Waals surface area contributed by atoms with Gasteiger partial charge in [0.15, 0.2) is 5.75 Å². The largest absolute Gasteiger partial charge is 0.483 e. The van der Waals surface area contributed by atoms with Crippen molar-refractivity contribution < 1.29 is 18.3 Å². The van der Waals surface area contributed by atoms with E-state index in [0.29, 0.717) is 6.04 Å². The molecule has 0 unspecified atom stereocenters. The predicted octanol–water partition coefficient (Wildman–Crippen LogP) is 2.10. The summed E-state index contributed by atoms with van der Waals surface area (Å²) in [6.45, 7) is -0.447. The van der Waals surface area contributed by atoms with E-state index < -0.39 is 18.6 Å². The molecule has 1 aliphatic heterocycles. The number of hydrogen-bond donors (Lipinski definition) is 1. The topological polar surface area (TPSA) is 65.4 Å². The summed E-state index contributed by atoms with van der Waals surface area (Å²) in [5.74, 6) is -1.62. The van der Waals surface area contributed by atoms with Crippen LogP contribution in [0.15, 0.2) is 18.2 Å². The summed E-state index contributed by atoms with van der Waals surface area (Å²) >= 11 is 0. The first kappa shape index (κ1) is 12.7. The van der Waals surface area contributed by atoms with Crippen molar-refractivity contribution in [3.8, 4) is 11.8 Å². The van der Waals surface area contributed by atoms with Crippen LogP contribution in [0.1, 0.15) is 12.8 Å². The number of nitriles is 1. The molecule has 0 bridgehead atoms. The van der Waals surface area contributed by atoms with Crippen LogP contribution in [0, 0.1) is 11.3 Å². The number of rotatable bonds is 3. The molecule has 1 heterocycles. The lowest BCUT2D eigenvalue weighted by atomic mass is 10.2. The third kappa shape index (κ3) is 2.13. The monoisotopic (exact) mass is 279 g/mol. The zero-order chi connectivity index (χ0) is 14.3. The summed E-state index contributed by atoms with van der Waals surface area (Å²) in [7, 11) is 0. The van der Waals surface area contributed by atoms with Crippen molar-refractivity contribution in [1.29, 1.82) is 5.26 Å². The maximum Gasteiger partial charge on any atom is 0.483 e. The number of nitrogens with zero attached hydrogens (tertiary/aromatic N) is 2. The van der Waals surface area contributed by atoms with Crippen LogP contribution >= 0.6 is 0 Å². The van der Waals surface area contributed by atoms with Gasteiger partial charge in [-0.15, -0.1) is 0 Å². The van der Waals surface area contributed by atoms with Crippen LogP contribution in [0.2, 0.25) is 0 Å². The molecule has 1 saturated carbocycles. The number of alkyl halides is 2. The van der Waals surface area contributed by atoms with Crippen molar-refractivity contribution in [2.75, 3.05) is 16.8 Å². The van der Waals surface area contributed by atoms with Crippen LogP contribution in [0.3, 0.4) is 0 Å². The molecule has 1 aromatic carbocycles. The molecule has 0 aromatic heterocycles. The lowest BCUT2D eigenvalue weighted by Crippen LogP contribution is -2.50. The lowest BCUT2D eigenvalue weighted by molar-refractivity contribution is -0.192. The molecule has 104 valence electrons. The van der Waals surface area contributed by atoms with Crippen molar-refractivity contribution in [2.24, 2.45) is 0 Å². The van der Waals surface area contributed by atoms with E-state index in [4.69, 9.17) is 5.26 Å². The molecular formula is C13H11F2N3O2. The van der Waals surface area contributed by atoms with E-state index in [1.54, 1.807) is 18.2 Å². The Bertz CT molecular complexity index is 608. The smallest absolute Gasteiger partial charge is 0.423 e. The minimum absolute atomic E-state index is 0.105. The minimum atomic E-state index is -3.94. The zero-order valence-corrected chi connectivity index (χ0v) is 10.4. The maximum atomic E-state index is 13.4. The fourth-order valence-electron chi connectivity index (χ4n) is 2.04. The second-order valence-electron chi connectivity index (χ2n) is 4.77. The molecule has 1 fully saturated rings. The number of nitrogens with one attached hydrogen (secondary N) is 1. The van der Waals surface area contributed by atoms with E-state index in [-0.39, 0.29) is 11.4 Å². The predicted molar refractivity (Wildman–Crippen MR) is 66.6 cm³/mol. The molecule has 1 N–H and O–H groups in total. The van der Waals surface area contributed by atoms with Gasteiger partial charge in [-0.05, 0) is 31.0 Å². The van der Waals surface area contributed by atoms with Gasteiger partial charge in [0.2, 0.25) is 0 Å². The molecule has 3 rings (SSSR count). The van der Waals surface area contributed by atoms with E-state index in [0.717, 1.165) is 23.4 Å². The maximum absolute atomic E-state index is 13.4. The summed E-state index contributed by atoms with van der Waals surface area (Å²) < 4.78 is 31.3. The van der Waals surface area contributed by atoms with Crippen LogP contribution in [0.25, 0.3) is 0 Å². The van der Waals surface area contributed by atoms with Crippen LogP contribution in [0.4, 0.5) is 20.2 Å². The van der Waals surface area contributed by atoms with Crippen molar-refractivity contribution >= 4 is 17.3 Å². The average molecular weight is 279 g/mol. The molecule has 20 heavy (non-hydrogen) atoms. The SMILES string of the molecule is N#CCN1C(=O)C(F)(F)Oc2ccc(NC3CC3)cc21. The highest BCUT2D eigenvalue weighted by Crippen LogP contribution is 2.41. The fraction of sp³-hybridized carbons (Fsp3) is 0.385. The number of hydrogen-bond acceptors (Lipinski definition) is 4. The average Bonchev–Trinajstić information content (AvgIpc) is 3.19. The number of benzene rings is 1. The first-order valence-corrected chi connectivity index (χ1v) is 6.17. The van der Waals surface area contributed by atoms with E-state index in [9.17, 15) is 13.6 Å². The molecule has 5 nitrogen and oxygen atoms in total. The number of amides is 1. The van der Waals surface area contributed by atoms with Crippen LogP contribution in [0.5, 0.6) is 5.75 Å². The van der Waals surface area contributed by atoms with Gasteiger partial charge in [-0.25, -0.2) is 0 Å². The van der Waals surface area contributed by atoms with E-state index >= 15 is 0 Å². The molecule has 2 aliphatic rings. The van der Waals surface area contributed by atoms with E-state index in [1.165, 1.54) is 6.07 Å². The summed E-state index contributed by atoms with van der Waals surface area (Å²) in [6.07, 6.45) is -1.81. The Morgan fingerprint density at radius 3 is 2.90 bits per heavy atom. The number of fused-ring (bicyclic) bond motifs is 1. The van der Waals surface area contributed by atoms with Gasteiger partial charge in [-0.2, -0.15) is 14.0 Å². The molecule has 7 heteroatoms. The lowest BCUT2D eigenvalue weighted by Gasteiger charge is -2.32. The molecule has 0 radical (unpaired) electrons. The highest BCUT2D eigenvalue weighted by Gasteiger charge is 2.50. The Balaban J connectivity index is 1.99. The molecule has 1 amide bonds. The third-order valence-electron chi connectivity index (χ3n) is 3.16. The van der Waals surface area contributed by atoms with Crippen LogP contribution < -0.4 is 15.0 Å². The molecule has 0 saturated heterocycles. The Hall–Kier alpha value is -2.36. The van der Waals surface area contributed by atoms with Crippen molar-refractivity contribution in [3.05, 3.63) is 18.2 Å². The fourth-order valence-corrected chi connectivity index (χ4v) is 2.04. The second kappa shape index (κ2) is 4.34. The van der Waals surface area contributed by atoms with E-state index in [2.05, 4.69) is 10.1 Å². The van der Waals surface area contributed by atoms with Gasteiger partial charge >= 0.3 is 12.0 Å². The third-order valence-corrected chi connectivity index (χ3v) is 3.16. The van der Waals surface area contributed by atoms with Crippen LogP contribution in [-0.2, 0) is 4.79 Å². The standard InChI is InChI=1S/C13H11F2N3O2/c14-13(15)12(19)18(6-5-16)10-7-9(17-8-1-2-8)3-4-11(10)20-13/h3-4,7-8,17H,1-2,6H2. The summed E-state index contributed by atoms with van der Waals surface area (Å²) in [4.78, 5) is 12.4. The first-order chi connectivity index (χ1) is 9.51. The molecule has 0 atom stereocenters. The van der Waals surface area contributed by atoms with Crippen molar-refractivity contribution in [3.63, 3.8) is 0 Å². The summed E-state index contributed by atoms with van der Waals surface area (Å²) in [5, 5.41) is 11.9. The highest BCUT2D eigenvalue weighted by molar-refractivity contribution is 6.01. The Morgan fingerprint density at radius 2 is 2.25 bits per heavy atom. The van der Waals surface area contributed by atoms with Gasteiger partial charge in [0.1, 0.15) is 6.54 Å². The number of ether oxygens (including phenoxy) is 1. The highest BCUT2D eigenvalue weighted by atomic mass is 19.3. The Kier molecular flexibility index (Phi) is 2.74. The van der Waals surface area contributed by atoms with Gasteiger partial charge < -0.3 is 10.1 Å². The summed E-state index contributed by atoms with van der Waals surface area (Å²) in [5.41, 5.74) is 0.906. The quantitative estimate of drug-likeness (QED) is 0.860. The summed E-state index contributed by atoms with van der Waals surface area (Å²) in [6, 6.07) is 6.66. The van der Waals surface area contributed by atoms with Gasteiger partial charge in [0.25, 0.3) is 0 Å². The van der Waals surface area contributed by atoms with Crippen LogP contribution in [-0.4, -0.2) is 24.6 Å². The minimum Gasteiger partial charge on any atom is -0.423 e. The van der Waals surface area contributed by atoms with Crippen molar-refractivity contribution in [2.45, 2.75) is 25.0 Å². The normalized spacial score (nSPS) is 19.9. The first-order valence-electron chi connectivity index (χ1n) is 6.17. The molecular weight excluding hydrogens is 268 g/mol. The van der Waals surface area contributed by atoms with Gasteiger partial charge in [0, 0.05) is 11.7 Å². The number of carbonyl (C=O) groups excluding carboxylic acids is 1. The van der Waals surface area contributed by atoms with Crippen molar-refractivity contribution in [1.82, 2.24) is 0 Å². The Morgan fingerprint density at radius 1 is 1.50 bits per heavy atom. The Labute approximate surface area is 113 Å². The number of halogens is 2.